The lowest BCUT2D eigenvalue weighted by Gasteiger charge is -2.32. The van der Waals surface area contributed by atoms with Crippen LogP contribution >= 0.6 is 0 Å². The maximum atomic E-state index is 14.0. The fraction of sp³-hybridized carbons (Fsp3) is 0.533. The molecule has 0 aromatic heterocycles. The van der Waals surface area contributed by atoms with E-state index in [2.05, 4.69) is 5.32 Å². The molecular weight excluding hydrogens is 245 g/mol. The van der Waals surface area contributed by atoms with E-state index in [1.54, 1.807) is 25.1 Å². The van der Waals surface area contributed by atoms with Gasteiger partial charge in [0.1, 0.15) is 11.4 Å². The van der Waals surface area contributed by atoms with Crippen molar-refractivity contribution in [2.75, 3.05) is 7.11 Å². The van der Waals surface area contributed by atoms with Crippen LogP contribution < -0.4 is 5.32 Å². The van der Waals surface area contributed by atoms with E-state index in [1.165, 1.54) is 13.2 Å². The van der Waals surface area contributed by atoms with E-state index in [1.807, 2.05) is 0 Å². The molecule has 1 aliphatic carbocycles. The molecule has 0 radical (unpaired) electrons. The first-order valence-corrected chi connectivity index (χ1v) is 6.69. The highest BCUT2D eigenvalue weighted by Crippen LogP contribution is 2.29. The van der Waals surface area contributed by atoms with Crippen LogP contribution in [0.4, 0.5) is 4.39 Å². The molecule has 19 heavy (non-hydrogen) atoms. The standard InChI is InChI=1S/C15H20FNO2/c1-15(14(18)19-2,17-11-7-3-4-8-11)12-9-5-6-10-13(12)16/h5-6,9-11,17H,3-4,7-8H2,1-2H3. The van der Waals surface area contributed by atoms with Gasteiger partial charge in [0.15, 0.2) is 0 Å². The van der Waals surface area contributed by atoms with Crippen LogP contribution in [0.15, 0.2) is 24.3 Å². The lowest BCUT2D eigenvalue weighted by Crippen LogP contribution is -2.51. The predicted octanol–water partition coefficient (Wildman–Crippen LogP) is 2.75. The molecule has 1 aromatic rings. The van der Waals surface area contributed by atoms with Crippen molar-refractivity contribution in [3.8, 4) is 0 Å². The van der Waals surface area contributed by atoms with Crippen LogP contribution in [0.2, 0.25) is 0 Å². The second kappa shape index (κ2) is 5.70. The Bertz CT molecular complexity index is 457. The molecular formula is C15H20FNO2. The maximum Gasteiger partial charge on any atom is 0.330 e. The highest BCUT2D eigenvalue weighted by atomic mass is 19.1. The van der Waals surface area contributed by atoms with Crippen molar-refractivity contribution < 1.29 is 13.9 Å². The van der Waals surface area contributed by atoms with Gasteiger partial charge in [0, 0.05) is 11.6 Å². The van der Waals surface area contributed by atoms with Gasteiger partial charge in [-0.3, -0.25) is 5.32 Å². The molecule has 4 heteroatoms. The van der Waals surface area contributed by atoms with Crippen molar-refractivity contribution in [1.82, 2.24) is 5.32 Å². The Balaban J connectivity index is 2.33. The summed E-state index contributed by atoms with van der Waals surface area (Å²) in [5, 5.41) is 3.29. The number of rotatable bonds is 4. The molecule has 1 unspecified atom stereocenters. The molecule has 0 aliphatic heterocycles. The van der Waals surface area contributed by atoms with E-state index in [-0.39, 0.29) is 11.9 Å². The number of carbonyl (C=O) groups excluding carboxylic acids is 1. The lowest BCUT2D eigenvalue weighted by atomic mass is 9.90. The molecule has 1 atom stereocenters. The number of hydrogen-bond acceptors (Lipinski definition) is 3. The van der Waals surface area contributed by atoms with Gasteiger partial charge in [-0.05, 0) is 25.8 Å². The van der Waals surface area contributed by atoms with Crippen LogP contribution in [0.25, 0.3) is 0 Å². The van der Waals surface area contributed by atoms with Crippen LogP contribution in [0.5, 0.6) is 0 Å². The molecule has 1 aliphatic rings. The zero-order valence-corrected chi connectivity index (χ0v) is 11.4. The number of hydrogen-bond donors (Lipinski definition) is 1. The third-order valence-corrected chi connectivity index (χ3v) is 3.85. The topological polar surface area (TPSA) is 38.3 Å². The van der Waals surface area contributed by atoms with Crippen LogP contribution in [-0.2, 0) is 15.1 Å². The second-order valence-corrected chi connectivity index (χ2v) is 5.22. The first-order valence-electron chi connectivity index (χ1n) is 6.69. The fourth-order valence-electron chi connectivity index (χ4n) is 2.80. The summed E-state index contributed by atoms with van der Waals surface area (Å²) in [6.07, 6.45) is 4.32. The number of ether oxygens (including phenoxy) is 1. The van der Waals surface area contributed by atoms with Crippen LogP contribution in [-0.4, -0.2) is 19.1 Å². The first-order chi connectivity index (χ1) is 9.08. The van der Waals surface area contributed by atoms with Gasteiger partial charge in [-0.1, -0.05) is 31.0 Å². The molecule has 2 rings (SSSR count). The van der Waals surface area contributed by atoms with E-state index >= 15 is 0 Å². The van der Waals surface area contributed by atoms with Gasteiger partial charge in [0.05, 0.1) is 7.11 Å². The Kier molecular flexibility index (Phi) is 4.20. The molecule has 104 valence electrons. The third kappa shape index (κ3) is 2.78. The van der Waals surface area contributed by atoms with Crippen molar-refractivity contribution in [3.63, 3.8) is 0 Å². The number of halogens is 1. The maximum absolute atomic E-state index is 14.0. The number of nitrogens with one attached hydrogen (secondary N) is 1. The highest BCUT2D eigenvalue weighted by molar-refractivity contribution is 5.82. The largest absolute Gasteiger partial charge is 0.467 e. The Hall–Kier alpha value is -1.42. The summed E-state index contributed by atoms with van der Waals surface area (Å²) in [4.78, 5) is 12.1. The minimum absolute atomic E-state index is 0.240. The van der Waals surface area contributed by atoms with E-state index in [9.17, 15) is 9.18 Å². The molecule has 0 spiro atoms. The molecule has 1 fully saturated rings. The number of esters is 1. The fourth-order valence-corrected chi connectivity index (χ4v) is 2.80. The van der Waals surface area contributed by atoms with Gasteiger partial charge in [0.2, 0.25) is 0 Å². The van der Waals surface area contributed by atoms with Crippen molar-refractivity contribution in [3.05, 3.63) is 35.6 Å². The van der Waals surface area contributed by atoms with Gasteiger partial charge in [0.25, 0.3) is 0 Å². The van der Waals surface area contributed by atoms with E-state index < -0.39 is 11.5 Å². The molecule has 1 aromatic carbocycles. The lowest BCUT2D eigenvalue weighted by molar-refractivity contribution is -0.149. The molecule has 0 bridgehead atoms. The first kappa shape index (κ1) is 14.0. The van der Waals surface area contributed by atoms with Crippen molar-refractivity contribution >= 4 is 5.97 Å². The average molecular weight is 265 g/mol. The second-order valence-electron chi connectivity index (χ2n) is 5.22. The molecule has 0 saturated heterocycles. The summed E-state index contributed by atoms with van der Waals surface area (Å²) < 4.78 is 18.9. The normalized spacial score (nSPS) is 19.1. The third-order valence-electron chi connectivity index (χ3n) is 3.85. The molecule has 1 saturated carbocycles. The van der Waals surface area contributed by atoms with Crippen molar-refractivity contribution in [2.45, 2.75) is 44.2 Å². The SMILES string of the molecule is COC(=O)C(C)(NC1CCCC1)c1ccccc1F. The average Bonchev–Trinajstić information content (AvgIpc) is 2.90. The Morgan fingerprint density at radius 3 is 2.58 bits per heavy atom. The minimum Gasteiger partial charge on any atom is -0.467 e. The molecule has 0 amide bonds. The summed E-state index contributed by atoms with van der Waals surface area (Å²) >= 11 is 0. The van der Waals surface area contributed by atoms with Crippen molar-refractivity contribution in [2.24, 2.45) is 0 Å². The summed E-state index contributed by atoms with van der Waals surface area (Å²) in [5.74, 6) is -0.842. The van der Waals surface area contributed by atoms with Gasteiger partial charge in [-0.25, -0.2) is 9.18 Å². The summed E-state index contributed by atoms with van der Waals surface area (Å²) in [6.45, 7) is 1.69. The van der Waals surface area contributed by atoms with E-state index in [0.29, 0.717) is 5.56 Å². The van der Waals surface area contributed by atoms with Gasteiger partial charge in [-0.15, -0.1) is 0 Å². The molecule has 3 nitrogen and oxygen atoms in total. The van der Waals surface area contributed by atoms with Crippen LogP contribution in [0, 0.1) is 5.82 Å². The smallest absolute Gasteiger partial charge is 0.330 e. The van der Waals surface area contributed by atoms with Crippen LogP contribution in [0.1, 0.15) is 38.2 Å². The van der Waals surface area contributed by atoms with Gasteiger partial charge in [-0.2, -0.15) is 0 Å². The Morgan fingerprint density at radius 2 is 2.00 bits per heavy atom. The summed E-state index contributed by atoms with van der Waals surface area (Å²) in [5.41, 5.74) is -0.788. The molecule has 0 heterocycles. The van der Waals surface area contributed by atoms with Crippen molar-refractivity contribution in [1.29, 1.82) is 0 Å². The monoisotopic (exact) mass is 265 g/mol. The predicted molar refractivity (Wildman–Crippen MR) is 71.2 cm³/mol. The highest BCUT2D eigenvalue weighted by Gasteiger charge is 2.40. The Morgan fingerprint density at radius 1 is 1.37 bits per heavy atom. The number of benzene rings is 1. The van der Waals surface area contributed by atoms with E-state index in [0.717, 1.165) is 25.7 Å². The Labute approximate surface area is 113 Å². The zero-order valence-electron chi connectivity index (χ0n) is 11.4. The summed E-state index contributed by atoms with van der Waals surface area (Å²) in [7, 11) is 1.33. The summed E-state index contributed by atoms with van der Waals surface area (Å²) in [6, 6.07) is 6.59. The zero-order chi connectivity index (χ0) is 13.9. The molecule has 1 N–H and O–H groups in total. The van der Waals surface area contributed by atoms with Gasteiger partial charge >= 0.3 is 5.97 Å². The van der Waals surface area contributed by atoms with Gasteiger partial charge < -0.3 is 4.74 Å². The quantitative estimate of drug-likeness (QED) is 0.851. The number of carbonyl (C=O) groups is 1. The van der Waals surface area contributed by atoms with Crippen LogP contribution in [0.3, 0.4) is 0 Å². The van der Waals surface area contributed by atoms with E-state index in [4.69, 9.17) is 4.74 Å². The number of methoxy groups -OCH3 is 1. The minimum atomic E-state index is -1.13.